The minimum atomic E-state index is -4.75. The van der Waals surface area contributed by atoms with Gasteiger partial charge in [-0.15, -0.1) is 0 Å². The Labute approximate surface area is 316 Å². The Hall–Kier alpha value is -5.13. The second kappa shape index (κ2) is 15.2. The monoisotopic (exact) mass is 793 g/mol. The van der Waals surface area contributed by atoms with Crippen molar-refractivity contribution in [3.8, 4) is 16.8 Å². The van der Waals surface area contributed by atoms with Crippen LogP contribution in [0.25, 0.3) is 16.8 Å². The Morgan fingerprint density at radius 3 is 2.47 bits per heavy atom. The summed E-state index contributed by atoms with van der Waals surface area (Å²) in [4.78, 5) is 36.3. The summed E-state index contributed by atoms with van der Waals surface area (Å²) in [6, 6.07) is 6.43. The maximum Gasteiger partial charge on any atom is 0.411 e. The molecule has 2 aliphatic carbocycles. The van der Waals surface area contributed by atoms with Crippen LogP contribution in [-0.4, -0.2) is 72.3 Å². The number of halogens is 7. The fourth-order valence-corrected chi connectivity index (χ4v) is 6.02. The van der Waals surface area contributed by atoms with Gasteiger partial charge in [0.1, 0.15) is 24.3 Å². The number of hydrogen-bond donors (Lipinski definition) is 2. The first-order valence-corrected chi connectivity index (χ1v) is 17.7. The zero-order chi connectivity index (χ0) is 39.9. The summed E-state index contributed by atoms with van der Waals surface area (Å²) in [5.41, 5.74) is 4.22. The Morgan fingerprint density at radius 1 is 1.13 bits per heavy atom. The van der Waals surface area contributed by atoms with Crippen molar-refractivity contribution < 1.29 is 40.7 Å². The van der Waals surface area contributed by atoms with Gasteiger partial charge in [0, 0.05) is 29.4 Å². The molecule has 3 N–H and O–H groups in total. The molecule has 0 saturated heterocycles. The van der Waals surface area contributed by atoms with Gasteiger partial charge in [0.15, 0.2) is 11.8 Å². The van der Waals surface area contributed by atoms with Crippen LogP contribution < -0.4 is 11.1 Å². The van der Waals surface area contributed by atoms with E-state index in [-0.39, 0.29) is 58.2 Å². The molecule has 19 heteroatoms. The molecule has 2 amide bonds. The van der Waals surface area contributed by atoms with E-state index in [0.29, 0.717) is 12.0 Å². The Morgan fingerprint density at radius 2 is 1.85 bits per heavy atom. The van der Waals surface area contributed by atoms with E-state index < -0.39 is 60.4 Å². The number of hydrogen-bond acceptors (Lipinski definition) is 7. The minimum absolute atomic E-state index is 0.0618. The summed E-state index contributed by atoms with van der Waals surface area (Å²) in [6.07, 6.45) is -3.46. The van der Waals surface area contributed by atoms with Crippen LogP contribution >= 0.6 is 11.6 Å². The Balaban J connectivity index is 1.41. The van der Waals surface area contributed by atoms with E-state index in [1.165, 1.54) is 36.5 Å². The number of carbonyl (C=O) groups is 2. The quantitative estimate of drug-likeness (QED) is 0.0842. The van der Waals surface area contributed by atoms with E-state index in [9.17, 15) is 31.5 Å². The van der Waals surface area contributed by atoms with Crippen molar-refractivity contribution in [1.29, 1.82) is 0 Å². The van der Waals surface area contributed by atoms with Gasteiger partial charge in [-0.2, -0.15) is 23.4 Å². The van der Waals surface area contributed by atoms with Crippen LogP contribution in [0, 0.1) is 11.2 Å². The van der Waals surface area contributed by atoms with Crippen LogP contribution in [0.15, 0.2) is 60.1 Å². The third-order valence-corrected chi connectivity index (χ3v) is 9.64. The number of amides is 2. The van der Waals surface area contributed by atoms with Gasteiger partial charge < -0.3 is 15.8 Å². The number of nitrogens with zero attached hydrogens (tertiary/aromatic N) is 7. The lowest BCUT2D eigenvalue weighted by atomic mass is 9.92. The highest BCUT2D eigenvalue weighted by atomic mass is 35.5. The van der Waals surface area contributed by atoms with Gasteiger partial charge in [-0.1, -0.05) is 44.5 Å². The minimum Gasteiger partial charge on any atom is -0.447 e. The number of alkyl halides is 5. The Kier molecular flexibility index (Phi) is 10.9. The lowest BCUT2D eigenvalue weighted by Crippen LogP contribution is -2.49. The predicted molar refractivity (Wildman–Crippen MR) is 189 cm³/mol. The largest absolute Gasteiger partial charge is 0.447 e. The third kappa shape index (κ3) is 8.89. The number of alkyl carbamates (subject to hydrolysis) is 1. The first-order chi connectivity index (χ1) is 25.9. The van der Waals surface area contributed by atoms with Crippen LogP contribution in [0.2, 0.25) is 5.02 Å². The van der Waals surface area contributed by atoms with E-state index in [4.69, 9.17) is 22.1 Å². The molecule has 4 aromatic rings. The smallest absolute Gasteiger partial charge is 0.411 e. The normalized spacial score (nSPS) is 16.2. The molecule has 6 rings (SSSR count). The van der Waals surface area contributed by atoms with Crippen molar-refractivity contribution in [2.45, 2.75) is 83.1 Å². The second-order valence-electron chi connectivity index (χ2n) is 14.7. The van der Waals surface area contributed by atoms with E-state index >= 15 is 4.39 Å². The number of carbonyl (C=O) groups excluding carboxylic acids is 2. The standard InChI is InChI=1S/C36H38ClF6N9O3/c1-34(2,3)12-13-45-32(44)51(31(53)21-4-8-24(26(38)14-21)22-16-47-50(17-22)23-6-7-23)28(18-55-33(54)49-35(10-11-35)36(41,42)43)20-5-9-25(37)27(15-20)52-30(29(39)40)46-19-48-52/h4-5,8-9,14-17,19,23,28-29H,6-7,10-13,18H2,1-3H3,(H2,44,45)(H,49,54)/t28-/m1/s1. The summed E-state index contributed by atoms with van der Waals surface area (Å²) in [5.74, 6) is -2.86. The fourth-order valence-electron chi connectivity index (χ4n) is 5.82. The highest BCUT2D eigenvalue weighted by Gasteiger charge is 2.64. The average Bonchev–Trinajstić information content (AvgIpc) is 4.00. The maximum atomic E-state index is 15.8. The number of ether oxygens (including phenoxy) is 1. The van der Waals surface area contributed by atoms with Crippen LogP contribution in [0.3, 0.4) is 0 Å². The highest BCUT2D eigenvalue weighted by Crippen LogP contribution is 2.49. The number of benzene rings is 2. The van der Waals surface area contributed by atoms with Gasteiger partial charge in [-0.05, 0) is 67.3 Å². The van der Waals surface area contributed by atoms with E-state index in [0.717, 1.165) is 34.8 Å². The lowest BCUT2D eigenvalue weighted by Gasteiger charge is -2.32. The van der Waals surface area contributed by atoms with Crippen molar-refractivity contribution in [2.24, 2.45) is 16.1 Å². The average molecular weight is 794 g/mol. The third-order valence-electron chi connectivity index (χ3n) is 9.32. The molecule has 1 atom stereocenters. The SMILES string of the molecule is CC(C)(C)CCN=C(N)N(C(=O)c1ccc(-c2cnn(C3CC3)c2)c(F)c1)[C@H](COC(=O)NC1(C(F)(F)F)CC1)c1ccc(Cl)c(-n2ncnc2C(F)F)c1. The van der Waals surface area contributed by atoms with Crippen LogP contribution in [0.4, 0.5) is 31.1 Å². The summed E-state index contributed by atoms with van der Waals surface area (Å²) < 4.78 is 92.5. The molecule has 2 heterocycles. The molecule has 2 aromatic carbocycles. The van der Waals surface area contributed by atoms with Crippen LogP contribution in [0.1, 0.15) is 93.1 Å². The molecule has 0 aliphatic heterocycles. The molecule has 0 spiro atoms. The molecule has 2 saturated carbocycles. The van der Waals surface area contributed by atoms with E-state index in [1.54, 1.807) is 10.9 Å². The summed E-state index contributed by atoms with van der Waals surface area (Å²) in [7, 11) is 0. The number of nitrogens with two attached hydrogens (primary N) is 1. The van der Waals surface area contributed by atoms with E-state index in [2.05, 4.69) is 20.2 Å². The van der Waals surface area contributed by atoms with Gasteiger partial charge in [-0.25, -0.2) is 27.6 Å². The number of guanidine groups is 1. The maximum absolute atomic E-state index is 15.8. The molecule has 2 fully saturated rings. The molecular formula is C36H38ClF6N9O3. The van der Waals surface area contributed by atoms with Crippen molar-refractivity contribution in [3.63, 3.8) is 0 Å². The van der Waals surface area contributed by atoms with Gasteiger partial charge in [0.2, 0.25) is 0 Å². The van der Waals surface area contributed by atoms with Gasteiger partial charge in [0.05, 0.1) is 29.0 Å². The second-order valence-corrected chi connectivity index (χ2v) is 15.1. The molecule has 55 heavy (non-hydrogen) atoms. The van der Waals surface area contributed by atoms with Gasteiger partial charge >= 0.3 is 12.3 Å². The summed E-state index contributed by atoms with van der Waals surface area (Å²) >= 11 is 6.42. The molecular weight excluding hydrogens is 756 g/mol. The molecule has 0 bridgehead atoms. The number of aliphatic imine (C=N–C) groups is 1. The molecule has 294 valence electrons. The van der Waals surface area contributed by atoms with Crippen molar-refractivity contribution in [2.75, 3.05) is 13.2 Å². The zero-order valence-corrected chi connectivity index (χ0v) is 30.7. The Bertz CT molecular complexity index is 2090. The van der Waals surface area contributed by atoms with E-state index in [1.807, 2.05) is 26.1 Å². The number of aromatic nitrogens is 5. The van der Waals surface area contributed by atoms with Crippen molar-refractivity contribution >= 4 is 29.6 Å². The molecule has 0 unspecified atom stereocenters. The predicted octanol–water partition coefficient (Wildman–Crippen LogP) is 7.95. The van der Waals surface area contributed by atoms with Crippen LogP contribution in [-0.2, 0) is 4.74 Å². The van der Waals surface area contributed by atoms with Gasteiger partial charge in [-0.3, -0.25) is 19.4 Å². The van der Waals surface area contributed by atoms with Crippen molar-refractivity contribution in [1.82, 2.24) is 34.8 Å². The number of nitrogens with one attached hydrogen (secondary N) is 1. The number of rotatable bonds is 12. The summed E-state index contributed by atoms with van der Waals surface area (Å²) in [6.45, 7) is 5.16. The molecule has 2 aliphatic rings. The zero-order valence-electron chi connectivity index (χ0n) is 30.0. The fraction of sp³-hybridized carbons (Fsp3) is 0.444. The summed E-state index contributed by atoms with van der Waals surface area (Å²) in [5, 5.41) is 9.96. The molecule has 2 aromatic heterocycles. The molecule has 0 radical (unpaired) electrons. The first-order valence-electron chi connectivity index (χ1n) is 17.3. The van der Waals surface area contributed by atoms with Gasteiger partial charge in [0.25, 0.3) is 12.3 Å². The van der Waals surface area contributed by atoms with Crippen molar-refractivity contribution in [3.05, 3.63) is 82.9 Å². The van der Waals surface area contributed by atoms with Crippen LogP contribution in [0.5, 0.6) is 0 Å². The first kappa shape index (κ1) is 39.6. The highest BCUT2D eigenvalue weighted by molar-refractivity contribution is 6.32. The molecule has 12 nitrogen and oxygen atoms in total. The topological polar surface area (TPSA) is 146 Å². The lowest BCUT2D eigenvalue weighted by molar-refractivity contribution is -0.164.